The highest BCUT2D eigenvalue weighted by molar-refractivity contribution is 5.97. The minimum atomic E-state index is -0.149. The largest absolute Gasteiger partial charge is 0.366 e. The number of allylic oxidation sites excluding steroid dienone is 2. The molecule has 1 rings (SSSR count). The van der Waals surface area contributed by atoms with Crippen LogP contribution in [0.2, 0.25) is 0 Å². The van der Waals surface area contributed by atoms with Crippen LogP contribution in [0.25, 0.3) is 0 Å². The predicted octanol–water partition coefficient (Wildman–Crippen LogP) is 0.00249. The minimum Gasteiger partial charge on any atom is -0.366 e. The van der Waals surface area contributed by atoms with Gasteiger partial charge in [-0.25, -0.2) is 0 Å². The molecular formula is C9H14N3O. The van der Waals surface area contributed by atoms with E-state index in [-0.39, 0.29) is 11.9 Å². The molecule has 0 aromatic carbocycles. The summed E-state index contributed by atoms with van der Waals surface area (Å²) in [5, 5.41) is 5.53. The fraction of sp³-hybridized carbons (Fsp3) is 0.333. The number of nitrogens with two attached hydrogens (primary N) is 1. The summed E-state index contributed by atoms with van der Waals surface area (Å²) >= 11 is 0. The van der Waals surface area contributed by atoms with Gasteiger partial charge in [-0.2, -0.15) is 0 Å². The van der Waals surface area contributed by atoms with Crippen molar-refractivity contribution < 1.29 is 4.79 Å². The SMILES string of the molecule is CC(C)NC(=O)C1=CC=CN[C]1N. The molecule has 1 radical (unpaired) electrons. The second-order valence-electron chi connectivity index (χ2n) is 3.13. The van der Waals surface area contributed by atoms with Crippen molar-refractivity contribution in [1.82, 2.24) is 10.6 Å². The first-order valence-corrected chi connectivity index (χ1v) is 4.18. The number of nitrogens with one attached hydrogen (secondary N) is 2. The average Bonchev–Trinajstić information content (AvgIpc) is 2.03. The topological polar surface area (TPSA) is 67.2 Å². The molecule has 0 bridgehead atoms. The Labute approximate surface area is 77.9 Å². The van der Waals surface area contributed by atoms with Crippen LogP contribution in [-0.4, -0.2) is 11.9 Å². The molecule has 0 saturated heterocycles. The molecule has 0 aliphatic carbocycles. The van der Waals surface area contributed by atoms with Crippen molar-refractivity contribution in [3.63, 3.8) is 0 Å². The molecular weight excluding hydrogens is 166 g/mol. The first-order valence-electron chi connectivity index (χ1n) is 4.18. The Kier molecular flexibility index (Phi) is 3.08. The molecule has 71 valence electrons. The smallest absolute Gasteiger partial charge is 0.251 e. The van der Waals surface area contributed by atoms with Gasteiger partial charge in [0.05, 0.1) is 5.57 Å². The van der Waals surface area contributed by atoms with Gasteiger partial charge in [0.1, 0.15) is 0 Å². The standard InChI is InChI=1S/C9H14N3O/c1-6(2)12-9(13)7-4-3-5-11-8(7)10/h3-6,11H,10H2,1-2H3,(H,12,13). The lowest BCUT2D eigenvalue weighted by atomic mass is 10.1. The van der Waals surface area contributed by atoms with E-state index in [9.17, 15) is 4.79 Å². The van der Waals surface area contributed by atoms with Gasteiger partial charge in [0.15, 0.2) is 6.17 Å². The van der Waals surface area contributed by atoms with Gasteiger partial charge in [-0.05, 0) is 32.2 Å². The fourth-order valence-electron chi connectivity index (χ4n) is 0.988. The van der Waals surface area contributed by atoms with Crippen LogP contribution < -0.4 is 16.4 Å². The summed E-state index contributed by atoms with van der Waals surface area (Å²) in [7, 11) is 0. The summed E-state index contributed by atoms with van der Waals surface area (Å²) in [6.07, 6.45) is 5.50. The van der Waals surface area contributed by atoms with E-state index in [0.29, 0.717) is 11.7 Å². The molecule has 0 unspecified atom stereocenters. The zero-order chi connectivity index (χ0) is 9.84. The van der Waals surface area contributed by atoms with Crippen molar-refractivity contribution in [3.05, 3.63) is 30.1 Å². The average molecular weight is 180 g/mol. The molecule has 1 amide bonds. The molecule has 1 aliphatic rings. The highest BCUT2D eigenvalue weighted by atomic mass is 16.1. The third-order valence-corrected chi connectivity index (χ3v) is 1.55. The van der Waals surface area contributed by atoms with E-state index < -0.39 is 0 Å². The molecule has 4 nitrogen and oxygen atoms in total. The van der Waals surface area contributed by atoms with E-state index in [0.717, 1.165) is 0 Å². The summed E-state index contributed by atoms with van der Waals surface area (Å²) in [6.45, 7) is 3.81. The second kappa shape index (κ2) is 4.09. The third kappa shape index (κ3) is 2.59. The molecule has 1 heterocycles. The van der Waals surface area contributed by atoms with Crippen molar-refractivity contribution in [1.29, 1.82) is 0 Å². The van der Waals surface area contributed by atoms with E-state index in [2.05, 4.69) is 10.6 Å². The quantitative estimate of drug-likeness (QED) is 0.560. The van der Waals surface area contributed by atoms with Crippen LogP contribution in [-0.2, 0) is 4.79 Å². The van der Waals surface area contributed by atoms with Crippen LogP contribution in [0.4, 0.5) is 0 Å². The highest BCUT2D eigenvalue weighted by Crippen LogP contribution is 2.08. The van der Waals surface area contributed by atoms with E-state index in [1.807, 2.05) is 13.8 Å². The lowest BCUT2D eigenvalue weighted by Crippen LogP contribution is -2.39. The summed E-state index contributed by atoms with van der Waals surface area (Å²) in [5.41, 5.74) is 6.06. The van der Waals surface area contributed by atoms with Gasteiger partial charge in [-0.15, -0.1) is 0 Å². The molecule has 0 fully saturated rings. The van der Waals surface area contributed by atoms with Gasteiger partial charge in [-0.3, -0.25) is 4.79 Å². The summed E-state index contributed by atoms with van der Waals surface area (Å²) < 4.78 is 0. The zero-order valence-electron chi connectivity index (χ0n) is 7.79. The molecule has 1 aliphatic heterocycles. The van der Waals surface area contributed by atoms with E-state index in [1.165, 1.54) is 0 Å². The normalized spacial score (nSPS) is 16.8. The molecule has 0 saturated carbocycles. The summed E-state index contributed by atoms with van der Waals surface area (Å²) in [4.78, 5) is 11.5. The van der Waals surface area contributed by atoms with Crippen molar-refractivity contribution >= 4 is 5.91 Å². The van der Waals surface area contributed by atoms with Crippen LogP contribution in [0, 0.1) is 6.17 Å². The lowest BCUT2D eigenvalue weighted by molar-refractivity contribution is -0.117. The van der Waals surface area contributed by atoms with Gasteiger partial charge >= 0.3 is 0 Å². The maximum atomic E-state index is 11.5. The Morgan fingerprint density at radius 3 is 2.85 bits per heavy atom. The fourth-order valence-corrected chi connectivity index (χ4v) is 0.988. The highest BCUT2D eigenvalue weighted by Gasteiger charge is 2.18. The summed E-state index contributed by atoms with van der Waals surface area (Å²) in [6, 6.07) is 0.118. The van der Waals surface area contributed by atoms with Crippen LogP contribution in [0.15, 0.2) is 23.9 Å². The Morgan fingerprint density at radius 2 is 2.31 bits per heavy atom. The molecule has 0 aromatic heterocycles. The minimum absolute atomic E-state index is 0.118. The third-order valence-electron chi connectivity index (χ3n) is 1.55. The maximum absolute atomic E-state index is 11.5. The van der Waals surface area contributed by atoms with Crippen molar-refractivity contribution in [2.45, 2.75) is 19.9 Å². The van der Waals surface area contributed by atoms with E-state index in [4.69, 9.17) is 5.73 Å². The van der Waals surface area contributed by atoms with Gasteiger partial charge in [0.25, 0.3) is 5.91 Å². The predicted molar refractivity (Wildman–Crippen MR) is 51.1 cm³/mol. The second-order valence-corrected chi connectivity index (χ2v) is 3.13. The van der Waals surface area contributed by atoms with Crippen LogP contribution in [0.1, 0.15) is 13.8 Å². The molecule has 13 heavy (non-hydrogen) atoms. The van der Waals surface area contributed by atoms with Gasteiger partial charge < -0.3 is 16.4 Å². The van der Waals surface area contributed by atoms with Gasteiger partial charge in [0.2, 0.25) is 0 Å². The lowest BCUT2D eigenvalue weighted by Gasteiger charge is -2.18. The van der Waals surface area contributed by atoms with E-state index >= 15 is 0 Å². The van der Waals surface area contributed by atoms with E-state index in [1.54, 1.807) is 18.4 Å². The number of hydrogen-bond acceptors (Lipinski definition) is 3. The molecule has 4 heteroatoms. The Hall–Kier alpha value is -1.29. The molecule has 4 N–H and O–H groups in total. The van der Waals surface area contributed by atoms with Crippen molar-refractivity contribution in [2.24, 2.45) is 5.73 Å². The number of carbonyl (C=O) groups excluding carboxylic acids is 1. The monoisotopic (exact) mass is 180 g/mol. The zero-order valence-corrected chi connectivity index (χ0v) is 7.79. The number of rotatable bonds is 2. The van der Waals surface area contributed by atoms with Crippen molar-refractivity contribution in [3.8, 4) is 0 Å². The van der Waals surface area contributed by atoms with Crippen LogP contribution in [0.3, 0.4) is 0 Å². The van der Waals surface area contributed by atoms with Gasteiger partial charge in [-0.1, -0.05) is 0 Å². The number of dihydropyridines is 1. The van der Waals surface area contributed by atoms with Crippen LogP contribution >= 0.6 is 0 Å². The first kappa shape index (κ1) is 9.80. The molecule has 0 spiro atoms. The molecule has 0 atom stereocenters. The Bertz CT molecular complexity index is 256. The van der Waals surface area contributed by atoms with Gasteiger partial charge in [0, 0.05) is 6.04 Å². The van der Waals surface area contributed by atoms with Crippen LogP contribution in [0.5, 0.6) is 0 Å². The number of hydrogen-bond donors (Lipinski definition) is 3. The maximum Gasteiger partial charge on any atom is 0.251 e. The summed E-state index contributed by atoms with van der Waals surface area (Å²) in [5.74, 6) is -0.149. The number of amides is 1. The van der Waals surface area contributed by atoms with Crippen molar-refractivity contribution in [2.75, 3.05) is 0 Å². The molecule has 0 aromatic rings. The first-order chi connectivity index (χ1) is 6.11. The Morgan fingerprint density at radius 1 is 1.62 bits per heavy atom. The Balaban J connectivity index is 2.64. The number of carbonyl (C=O) groups is 1.